The van der Waals surface area contributed by atoms with E-state index in [1.165, 1.54) is 24.7 Å². The van der Waals surface area contributed by atoms with Crippen LogP contribution in [0.25, 0.3) is 11.0 Å². The van der Waals surface area contributed by atoms with Crippen molar-refractivity contribution in [2.45, 2.75) is 44.8 Å². The minimum Gasteiger partial charge on any atom is -0.396 e. The lowest BCUT2D eigenvalue weighted by Gasteiger charge is -2.31. The molecule has 1 fully saturated rings. The number of piperidine rings is 1. The van der Waals surface area contributed by atoms with Crippen LogP contribution in [0.1, 0.15) is 55.3 Å². The molecule has 1 aromatic carbocycles. The van der Waals surface area contributed by atoms with Crippen molar-refractivity contribution in [3.63, 3.8) is 0 Å². The predicted octanol–water partition coefficient (Wildman–Crippen LogP) is 3.97. The van der Waals surface area contributed by atoms with Crippen molar-refractivity contribution in [3.05, 3.63) is 57.4 Å². The minimum absolute atomic E-state index is 0.0174. The molecule has 3 aromatic rings. The van der Waals surface area contributed by atoms with Crippen LogP contribution in [-0.4, -0.2) is 38.4 Å². The zero-order chi connectivity index (χ0) is 26.4. The smallest absolute Gasteiger partial charge is 0.396 e. The summed E-state index contributed by atoms with van der Waals surface area (Å²) in [6.45, 7) is 4.06. The summed E-state index contributed by atoms with van der Waals surface area (Å²) in [5, 5.41) is 3.43. The van der Waals surface area contributed by atoms with Gasteiger partial charge in [-0.2, -0.15) is 13.2 Å². The maximum absolute atomic E-state index is 14.7. The van der Waals surface area contributed by atoms with Crippen LogP contribution in [0.2, 0.25) is 0 Å². The second kappa shape index (κ2) is 9.40. The van der Waals surface area contributed by atoms with Gasteiger partial charge in [0.2, 0.25) is 5.91 Å². The van der Waals surface area contributed by atoms with Crippen molar-refractivity contribution in [2.24, 2.45) is 7.05 Å². The molecule has 12 heteroatoms. The number of nitrogens with zero attached hydrogens (tertiary/aromatic N) is 4. The number of anilines is 2. The molecular formula is C24H26F4N6O2. The number of hydrogen-bond donors (Lipinski definition) is 2. The highest BCUT2D eigenvalue weighted by Crippen LogP contribution is 2.36. The summed E-state index contributed by atoms with van der Waals surface area (Å²) in [6.07, 6.45) is -2.24. The number of aryl methyl sites for hydroxylation is 1. The summed E-state index contributed by atoms with van der Waals surface area (Å²) in [7, 11) is 1.58. The van der Waals surface area contributed by atoms with Gasteiger partial charge in [0.05, 0.1) is 22.7 Å². The van der Waals surface area contributed by atoms with Crippen molar-refractivity contribution in [1.82, 2.24) is 19.4 Å². The van der Waals surface area contributed by atoms with E-state index in [0.29, 0.717) is 48.6 Å². The molecule has 36 heavy (non-hydrogen) atoms. The first-order valence-electron chi connectivity index (χ1n) is 11.4. The third-order valence-corrected chi connectivity index (χ3v) is 6.69. The Bertz CT molecular complexity index is 1380. The topological polar surface area (TPSA) is 106 Å². The zero-order valence-electron chi connectivity index (χ0n) is 20.0. The van der Waals surface area contributed by atoms with Crippen molar-refractivity contribution in [2.75, 3.05) is 24.1 Å². The molecule has 0 bridgehead atoms. The quantitative estimate of drug-likeness (QED) is 0.410. The van der Waals surface area contributed by atoms with Crippen molar-refractivity contribution in [3.8, 4) is 0 Å². The number of carbonyl (C=O) groups is 1. The molecular weight excluding hydrogens is 480 g/mol. The normalized spacial score (nSPS) is 15.8. The molecule has 1 atom stereocenters. The van der Waals surface area contributed by atoms with E-state index < -0.39 is 29.3 Å². The van der Waals surface area contributed by atoms with Crippen molar-refractivity contribution in [1.29, 1.82) is 0 Å². The average Bonchev–Trinajstić information content (AvgIpc) is 2.82. The Morgan fingerprint density at radius 2 is 1.86 bits per heavy atom. The first kappa shape index (κ1) is 25.4. The number of nitrogen functional groups attached to an aromatic ring is 1. The van der Waals surface area contributed by atoms with Crippen LogP contribution in [0.4, 0.5) is 29.1 Å². The molecule has 192 valence electrons. The summed E-state index contributed by atoms with van der Waals surface area (Å²) in [5.41, 5.74) is 4.21. The number of nitrogens with two attached hydrogens (primary N) is 1. The van der Waals surface area contributed by atoms with E-state index in [2.05, 4.69) is 15.3 Å². The Morgan fingerprint density at radius 1 is 1.19 bits per heavy atom. The number of likely N-dealkylation sites (tertiary alicyclic amines) is 1. The molecule has 2 aromatic heterocycles. The van der Waals surface area contributed by atoms with Gasteiger partial charge >= 0.3 is 6.18 Å². The Morgan fingerprint density at radius 3 is 2.47 bits per heavy atom. The molecule has 1 aliphatic heterocycles. The summed E-state index contributed by atoms with van der Waals surface area (Å²) in [6, 6.07) is 2.02. The fourth-order valence-corrected chi connectivity index (χ4v) is 4.64. The lowest BCUT2D eigenvalue weighted by molar-refractivity contribution is -0.137. The Labute approximate surface area is 204 Å². The zero-order valence-corrected chi connectivity index (χ0v) is 20.0. The van der Waals surface area contributed by atoms with E-state index >= 15 is 0 Å². The lowest BCUT2D eigenvalue weighted by atomic mass is 9.89. The van der Waals surface area contributed by atoms with Gasteiger partial charge in [-0.15, -0.1) is 0 Å². The number of alkyl halides is 3. The first-order chi connectivity index (χ1) is 16.9. The summed E-state index contributed by atoms with van der Waals surface area (Å²) in [4.78, 5) is 34.9. The monoisotopic (exact) mass is 506 g/mol. The number of halogens is 4. The second-order valence-electron chi connectivity index (χ2n) is 9.04. The van der Waals surface area contributed by atoms with Gasteiger partial charge in [0.25, 0.3) is 5.56 Å². The van der Waals surface area contributed by atoms with Gasteiger partial charge in [0, 0.05) is 38.2 Å². The van der Waals surface area contributed by atoms with Crippen LogP contribution in [0.5, 0.6) is 0 Å². The third-order valence-electron chi connectivity index (χ3n) is 6.69. The molecule has 1 amide bonds. The highest BCUT2D eigenvalue weighted by atomic mass is 19.4. The number of rotatable bonds is 4. The number of pyridine rings is 1. The van der Waals surface area contributed by atoms with Gasteiger partial charge in [-0.3, -0.25) is 14.2 Å². The first-order valence-corrected chi connectivity index (χ1v) is 11.4. The molecule has 0 radical (unpaired) electrons. The van der Waals surface area contributed by atoms with Gasteiger partial charge in [0.1, 0.15) is 17.8 Å². The summed E-state index contributed by atoms with van der Waals surface area (Å²) >= 11 is 0. The number of aromatic nitrogens is 3. The van der Waals surface area contributed by atoms with Gasteiger partial charge < -0.3 is 16.0 Å². The number of benzene rings is 1. The van der Waals surface area contributed by atoms with Crippen LogP contribution in [-0.2, 0) is 18.0 Å². The number of nitrogens with one attached hydrogen (secondary N) is 1. The van der Waals surface area contributed by atoms with Gasteiger partial charge in [0.15, 0.2) is 5.82 Å². The van der Waals surface area contributed by atoms with Crippen LogP contribution >= 0.6 is 0 Å². The second-order valence-corrected chi connectivity index (χ2v) is 9.04. The van der Waals surface area contributed by atoms with Gasteiger partial charge in [-0.25, -0.2) is 14.4 Å². The Kier molecular flexibility index (Phi) is 6.63. The molecule has 3 N–H and O–H groups in total. The third kappa shape index (κ3) is 4.71. The number of fused-ring (bicyclic) bond motifs is 1. The van der Waals surface area contributed by atoms with Crippen molar-refractivity contribution < 1.29 is 22.4 Å². The van der Waals surface area contributed by atoms with E-state index in [9.17, 15) is 27.2 Å². The van der Waals surface area contributed by atoms with Crippen LogP contribution < -0.4 is 16.6 Å². The fourth-order valence-electron chi connectivity index (χ4n) is 4.64. The van der Waals surface area contributed by atoms with E-state index in [1.807, 2.05) is 0 Å². The Balaban J connectivity index is 1.73. The molecule has 1 unspecified atom stereocenters. The maximum atomic E-state index is 14.7. The molecule has 8 nitrogen and oxygen atoms in total. The van der Waals surface area contributed by atoms with Crippen molar-refractivity contribution >= 4 is 28.4 Å². The predicted molar refractivity (Wildman–Crippen MR) is 127 cm³/mol. The van der Waals surface area contributed by atoms with E-state index in [1.54, 1.807) is 18.0 Å². The number of carbonyl (C=O) groups excluding carboxylic acids is 1. The van der Waals surface area contributed by atoms with E-state index in [4.69, 9.17) is 5.73 Å². The summed E-state index contributed by atoms with van der Waals surface area (Å²) in [5.74, 6) is -0.821. The average molecular weight is 507 g/mol. The molecule has 0 saturated carbocycles. The maximum Gasteiger partial charge on any atom is 0.416 e. The highest BCUT2D eigenvalue weighted by Gasteiger charge is 2.33. The molecule has 3 heterocycles. The molecule has 1 saturated heterocycles. The highest BCUT2D eigenvalue weighted by molar-refractivity contribution is 5.87. The molecule has 4 rings (SSSR count). The molecule has 1 aliphatic rings. The van der Waals surface area contributed by atoms with Crippen LogP contribution in [0, 0.1) is 5.82 Å². The minimum atomic E-state index is -4.69. The van der Waals surface area contributed by atoms with Gasteiger partial charge in [-0.1, -0.05) is 0 Å². The largest absolute Gasteiger partial charge is 0.416 e. The Hall–Kier alpha value is -3.70. The fraction of sp³-hybridized carbons (Fsp3) is 0.417. The van der Waals surface area contributed by atoms with Gasteiger partial charge in [-0.05, 0) is 43.9 Å². The number of hydrogen-bond acceptors (Lipinski definition) is 6. The molecule has 0 spiro atoms. The van der Waals surface area contributed by atoms with Crippen LogP contribution in [0.15, 0.2) is 29.3 Å². The standard InChI is InChI=1S/C24H26F4N6O2/c1-12(16-8-15(24(26,27)28)9-19(29)20(16)25)32-21-18-10-17(14-4-6-34(7-5-14)13(2)35)23(36)33(3)22(18)31-11-30-21/h8-12,14H,4-7,29H2,1-3H3,(H,30,31,32). The lowest BCUT2D eigenvalue weighted by Crippen LogP contribution is -2.38. The number of amides is 1. The van der Waals surface area contributed by atoms with Crippen LogP contribution in [0.3, 0.4) is 0 Å². The SMILES string of the molecule is CC(=O)N1CCC(c2cc3c(NC(C)c4cc(C(F)(F)F)cc(N)c4F)ncnc3n(C)c2=O)CC1. The summed E-state index contributed by atoms with van der Waals surface area (Å²) < 4.78 is 55.9. The van der Waals surface area contributed by atoms with E-state index in [-0.39, 0.29) is 28.8 Å². The molecule has 0 aliphatic carbocycles. The van der Waals surface area contributed by atoms with E-state index in [0.717, 1.165) is 6.07 Å².